The van der Waals surface area contributed by atoms with Crippen molar-refractivity contribution in [1.29, 1.82) is 0 Å². The van der Waals surface area contributed by atoms with Gasteiger partial charge in [0.25, 0.3) is 5.91 Å². The lowest BCUT2D eigenvalue weighted by molar-refractivity contribution is -0.132. The minimum Gasteiger partial charge on any atom is -0.339 e. The number of likely N-dealkylation sites (tertiary alicyclic amines) is 1. The third-order valence-electron chi connectivity index (χ3n) is 5.49. The van der Waals surface area contributed by atoms with Crippen LogP contribution in [0.2, 0.25) is 5.02 Å². The van der Waals surface area contributed by atoms with Crippen molar-refractivity contribution >= 4 is 56.8 Å². The van der Waals surface area contributed by atoms with Gasteiger partial charge in [-0.25, -0.2) is 4.39 Å². The van der Waals surface area contributed by atoms with Gasteiger partial charge in [0.2, 0.25) is 11.8 Å². The maximum Gasteiger partial charge on any atom is 0.281 e. The Hall–Kier alpha value is -3.23. The number of piperidine rings is 1. The van der Waals surface area contributed by atoms with Crippen LogP contribution in [0.1, 0.15) is 28.1 Å². The Bertz CT molecular complexity index is 1220. The number of amides is 3. The van der Waals surface area contributed by atoms with E-state index in [0.29, 0.717) is 36.0 Å². The molecule has 0 radical (unpaired) electrons. The van der Waals surface area contributed by atoms with Crippen molar-refractivity contribution in [1.82, 2.24) is 15.8 Å². The lowest BCUT2D eigenvalue weighted by atomic mass is 9.96. The number of hydrazine groups is 1. The van der Waals surface area contributed by atoms with Gasteiger partial charge in [0.1, 0.15) is 10.7 Å². The van der Waals surface area contributed by atoms with Gasteiger partial charge < -0.3 is 4.90 Å². The second-order valence-electron chi connectivity index (χ2n) is 7.67. The Labute approximate surface area is 199 Å². The van der Waals surface area contributed by atoms with Crippen LogP contribution in [0, 0.1) is 11.7 Å². The number of nitrogens with zero attached hydrogens (tertiary/aromatic N) is 1. The molecule has 4 rings (SSSR count). The molecule has 33 heavy (non-hydrogen) atoms. The van der Waals surface area contributed by atoms with Gasteiger partial charge in [0.15, 0.2) is 0 Å². The summed E-state index contributed by atoms with van der Waals surface area (Å²) in [4.78, 5) is 39.3. The summed E-state index contributed by atoms with van der Waals surface area (Å²) >= 11 is 7.30. The van der Waals surface area contributed by atoms with Crippen LogP contribution in [0.5, 0.6) is 0 Å². The van der Waals surface area contributed by atoms with E-state index in [9.17, 15) is 18.8 Å². The molecule has 3 aromatic rings. The SMILES string of the molecule is O=C(NNC(=O)C1CCN(C(=O)/C=C/c2ccccc2)CC1)c1sc2cc(F)ccc2c1Cl. The highest BCUT2D eigenvalue weighted by atomic mass is 35.5. The molecule has 0 unspecified atom stereocenters. The molecule has 0 saturated carbocycles. The van der Waals surface area contributed by atoms with Crippen molar-refractivity contribution in [2.45, 2.75) is 12.8 Å². The number of rotatable bonds is 4. The van der Waals surface area contributed by atoms with Gasteiger partial charge in [-0.15, -0.1) is 11.3 Å². The standard InChI is InChI=1S/C24H21ClFN3O3S/c25-21-18-8-7-17(26)14-19(18)33-22(21)24(32)28-27-23(31)16-10-12-29(13-11-16)20(30)9-6-15-4-2-1-3-5-15/h1-9,14,16H,10-13H2,(H,27,31)(H,28,32)/b9-6+. The van der Waals surface area contributed by atoms with Gasteiger partial charge in [-0.1, -0.05) is 41.9 Å². The average molecular weight is 486 g/mol. The fourth-order valence-electron chi connectivity index (χ4n) is 3.66. The maximum atomic E-state index is 13.4. The highest BCUT2D eigenvalue weighted by molar-refractivity contribution is 7.21. The lowest BCUT2D eigenvalue weighted by Crippen LogP contribution is -2.48. The molecule has 0 aliphatic carbocycles. The fraction of sp³-hybridized carbons (Fsp3) is 0.208. The number of benzene rings is 2. The Morgan fingerprint density at radius 2 is 1.79 bits per heavy atom. The van der Waals surface area contributed by atoms with Gasteiger partial charge in [-0.05, 0) is 42.7 Å². The molecule has 2 heterocycles. The van der Waals surface area contributed by atoms with Gasteiger partial charge in [0, 0.05) is 35.2 Å². The quantitative estimate of drug-likeness (QED) is 0.424. The molecule has 0 atom stereocenters. The summed E-state index contributed by atoms with van der Waals surface area (Å²) in [7, 11) is 0. The summed E-state index contributed by atoms with van der Waals surface area (Å²) in [5.74, 6) is -1.71. The molecule has 9 heteroatoms. The first-order chi connectivity index (χ1) is 15.9. The van der Waals surface area contributed by atoms with Crippen LogP contribution in [0.25, 0.3) is 16.2 Å². The largest absolute Gasteiger partial charge is 0.339 e. The first-order valence-electron chi connectivity index (χ1n) is 10.4. The first-order valence-corrected chi connectivity index (χ1v) is 11.6. The molecular weight excluding hydrogens is 465 g/mol. The summed E-state index contributed by atoms with van der Waals surface area (Å²) in [6.45, 7) is 0.912. The van der Waals surface area contributed by atoms with E-state index in [2.05, 4.69) is 10.9 Å². The molecule has 2 aromatic carbocycles. The molecule has 170 valence electrons. The maximum absolute atomic E-state index is 13.4. The second-order valence-corrected chi connectivity index (χ2v) is 9.10. The third-order valence-corrected chi connectivity index (χ3v) is 7.15. The highest BCUT2D eigenvalue weighted by Gasteiger charge is 2.27. The summed E-state index contributed by atoms with van der Waals surface area (Å²) in [6.07, 6.45) is 4.30. The van der Waals surface area contributed by atoms with Crippen LogP contribution in [0.3, 0.4) is 0 Å². The second kappa shape index (κ2) is 10.1. The summed E-state index contributed by atoms with van der Waals surface area (Å²) in [5.41, 5.74) is 5.77. The van der Waals surface area contributed by atoms with Crippen molar-refractivity contribution < 1.29 is 18.8 Å². The average Bonchev–Trinajstić information content (AvgIpc) is 3.17. The van der Waals surface area contributed by atoms with Gasteiger partial charge in [-0.2, -0.15) is 0 Å². The fourth-order valence-corrected chi connectivity index (χ4v) is 5.10. The molecular formula is C24H21ClFN3O3S. The number of carbonyl (C=O) groups excluding carboxylic acids is 3. The van der Waals surface area contributed by atoms with Crippen LogP contribution in [0.15, 0.2) is 54.6 Å². The topological polar surface area (TPSA) is 78.5 Å². The number of carbonyl (C=O) groups is 3. The number of fused-ring (bicyclic) bond motifs is 1. The molecule has 1 aromatic heterocycles. The van der Waals surface area contributed by atoms with E-state index in [-0.39, 0.29) is 27.6 Å². The van der Waals surface area contributed by atoms with Crippen LogP contribution in [-0.2, 0) is 9.59 Å². The molecule has 6 nitrogen and oxygen atoms in total. The van der Waals surface area contributed by atoms with E-state index in [4.69, 9.17) is 11.6 Å². The van der Waals surface area contributed by atoms with Crippen LogP contribution in [-0.4, -0.2) is 35.7 Å². The minimum atomic E-state index is -0.561. The van der Waals surface area contributed by atoms with Crippen LogP contribution < -0.4 is 10.9 Å². The monoisotopic (exact) mass is 485 g/mol. The molecule has 3 amide bonds. The van der Waals surface area contributed by atoms with Gasteiger partial charge in [-0.3, -0.25) is 25.2 Å². The summed E-state index contributed by atoms with van der Waals surface area (Å²) in [6, 6.07) is 13.7. The normalized spacial score (nSPS) is 14.5. The highest BCUT2D eigenvalue weighted by Crippen LogP contribution is 2.35. The molecule has 0 spiro atoms. The van der Waals surface area contributed by atoms with E-state index in [1.807, 2.05) is 30.3 Å². The van der Waals surface area contributed by atoms with Gasteiger partial charge in [0.05, 0.1) is 5.02 Å². The number of hydrogen-bond acceptors (Lipinski definition) is 4. The van der Waals surface area contributed by atoms with Crippen LogP contribution in [0.4, 0.5) is 4.39 Å². The smallest absolute Gasteiger partial charge is 0.281 e. The first kappa shape index (κ1) is 22.9. The van der Waals surface area contributed by atoms with Crippen molar-refractivity contribution in [3.63, 3.8) is 0 Å². The predicted molar refractivity (Wildman–Crippen MR) is 127 cm³/mol. The third kappa shape index (κ3) is 5.40. The minimum absolute atomic E-state index is 0.0955. The van der Waals surface area contributed by atoms with Crippen molar-refractivity contribution in [2.24, 2.45) is 5.92 Å². The zero-order valence-corrected chi connectivity index (χ0v) is 19.1. The predicted octanol–water partition coefficient (Wildman–Crippen LogP) is 4.41. The Morgan fingerprint density at radius 3 is 2.52 bits per heavy atom. The Kier molecular flexibility index (Phi) is 7.05. The number of thiophene rings is 1. The Balaban J connectivity index is 1.27. The molecule has 2 N–H and O–H groups in total. The Morgan fingerprint density at radius 1 is 1.06 bits per heavy atom. The number of nitrogens with one attached hydrogen (secondary N) is 2. The lowest BCUT2D eigenvalue weighted by Gasteiger charge is -2.30. The van der Waals surface area contributed by atoms with Crippen molar-refractivity contribution in [3.8, 4) is 0 Å². The van der Waals surface area contributed by atoms with Crippen LogP contribution >= 0.6 is 22.9 Å². The van der Waals surface area contributed by atoms with Crippen molar-refractivity contribution in [2.75, 3.05) is 13.1 Å². The molecule has 1 aliphatic rings. The number of halogens is 2. The zero-order valence-electron chi connectivity index (χ0n) is 17.5. The number of hydrogen-bond donors (Lipinski definition) is 2. The van der Waals surface area contributed by atoms with E-state index < -0.39 is 11.7 Å². The summed E-state index contributed by atoms with van der Waals surface area (Å²) < 4.78 is 14.0. The molecule has 0 bridgehead atoms. The van der Waals surface area contributed by atoms with Crippen molar-refractivity contribution in [3.05, 3.63) is 75.9 Å². The zero-order chi connectivity index (χ0) is 23.4. The molecule has 1 saturated heterocycles. The van der Waals surface area contributed by atoms with E-state index >= 15 is 0 Å². The molecule has 1 fully saturated rings. The van der Waals surface area contributed by atoms with E-state index in [0.717, 1.165) is 16.9 Å². The summed E-state index contributed by atoms with van der Waals surface area (Å²) in [5, 5.41) is 0.801. The molecule has 1 aliphatic heterocycles. The van der Waals surface area contributed by atoms with Gasteiger partial charge >= 0.3 is 0 Å². The van der Waals surface area contributed by atoms with E-state index in [1.165, 1.54) is 24.3 Å². The van der Waals surface area contributed by atoms with E-state index in [1.54, 1.807) is 11.0 Å².